The van der Waals surface area contributed by atoms with Crippen LogP contribution in [0.5, 0.6) is 5.75 Å². The van der Waals surface area contributed by atoms with Crippen LogP contribution in [0.2, 0.25) is 5.02 Å². The molecule has 0 unspecified atom stereocenters. The van der Waals surface area contributed by atoms with Gasteiger partial charge >= 0.3 is 0 Å². The van der Waals surface area contributed by atoms with Crippen molar-refractivity contribution in [3.05, 3.63) is 59.1 Å². The molecule has 0 saturated carbocycles. The van der Waals surface area contributed by atoms with E-state index in [9.17, 15) is 18.0 Å². The van der Waals surface area contributed by atoms with Crippen molar-refractivity contribution in [2.24, 2.45) is 0 Å². The summed E-state index contributed by atoms with van der Waals surface area (Å²) in [6.07, 6.45) is 1.36. The summed E-state index contributed by atoms with van der Waals surface area (Å²) in [6.45, 7) is 5.07. The van der Waals surface area contributed by atoms with Crippen molar-refractivity contribution in [3.63, 3.8) is 0 Å². The molecule has 0 spiro atoms. The van der Waals surface area contributed by atoms with Crippen molar-refractivity contribution < 1.29 is 22.7 Å². The van der Waals surface area contributed by atoms with Crippen molar-refractivity contribution in [2.45, 2.75) is 45.8 Å². The summed E-state index contributed by atoms with van der Waals surface area (Å²) >= 11 is 6.24. The maximum atomic E-state index is 13.6. The number of para-hydroxylation sites is 1. The average molecular weight is 510 g/mol. The summed E-state index contributed by atoms with van der Waals surface area (Å²) in [6, 6.07) is 12.6. The summed E-state index contributed by atoms with van der Waals surface area (Å²) in [4.78, 5) is 28.0. The van der Waals surface area contributed by atoms with Crippen molar-refractivity contribution in [3.8, 4) is 5.75 Å². The fourth-order valence-corrected chi connectivity index (χ4v) is 4.67. The van der Waals surface area contributed by atoms with Gasteiger partial charge in [-0.25, -0.2) is 8.42 Å². The zero-order valence-electron chi connectivity index (χ0n) is 20.1. The third-order valence-electron chi connectivity index (χ3n) is 5.10. The standard InChI is InChI=1S/C24H32ClN3O5S/c1-6-21(24(30)26-17(2)3)27(15-18-10-9-11-19(14-18)33-4)23(29)16-28(34(5,31)32)22-13-8-7-12-20(22)25/h7-14,17,21H,6,15-16H2,1-5H3,(H,26,30)/t21-/m1/s1. The van der Waals surface area contributed by atoms with Crippen LogP contribution in [0, 0.1) is 0 Å². The maximum Gasteiger partial charge on any atom is 0.244 e. The summed E-state index contributed by atoms with van der Waals surface area (Å²) < 4.78 is 31.4. The molecular formula is C24H32ClN3O5S. The molecule has 34 heavy (non-hydrogen) atoms. The minimum atomic E-state index is -3.84. The summed E-state index contributed by atoms with van der Waals surface area (Å²) in [5, 5.41) is 3.05. The molecule has 0 saturated heterocycles. The Kier molecular flexibility index (Phi) is 9.76. The van der Waals surface area contributed by atoms with E-state index >= 15 is 0 Å². The highest BCUT2D eigenvalue weighted by Gasteiger charge is 2.32. The van der Waals surface area contributed by atoms with Gasteiger partial charge in [0.1, 0.15) is 18.3 Å². The van der Waals surface area contributed by atoms with Crippen LogP contribution in [0.4, 0.5) is 5.69 Å². The largest absolute Gasteiger partial charge is 0.497 e. The lowest BCUT2D eigenvalue weighted by Gasteiger charge is -2.33. The van der Waals surface area contributed by atoms with E-state index in [2.05, 4.69) is 5.32 Å². The summed E-state index contributed by atoms with van der Waals surface area (Å²) in [5.41, 5.74) is 0.938. The van der Waals surface area contributed by atoms with E-state index in [1.54, 1.807) is 50.4 Å². The Bertz CT molecular complexity index is 1110. The number of hydrogen-bond donors (Lipinski definition) is 1. The fourth-order valence-electron chi connectivity index (χ4n) is 3.52. The van der Waals surface area contributed by atoms with Gasteiger partial charge in [0.25, 0.3) is 0 Å². The second-order valence-corrected chi connectivity index (χ2v) is 10.5. The third kappa shape index (κ3) is 7.36. The first-order valence-corrected chi connectivity index (χ1v) is 13.2. The van der Waals surface area contributed by atoms with Crippen LogP contribution >= 0.6 is 11.6 Å². The van der Waals surface area contributed by atoms with Gasteiger partial charge in [0.2, 0.25) is 21.8 Å². The molecule has 2 amide bonds. The van der Waals surface area contributed by atoms with E-state index in [-0.39, 0.29) is 29.2 Å². The monoisotopic (exact) mass is 509 g/mol. The molecule has 2 rings (SSSR count). The highest BCUT2D eigenvalue weighted by molar-refractivity contribution is 7.92. The smallest absolute Gasteiger partial charge is 0.244 e. The second kappa shape index (κ2) is 12.1. The maximum absolute atomic E-state index is 13.6. The van der Waals surface area contributed by atoms with Gasteiger partial charge in [-0.3, -0.25) is 13.9 Å². The molecule has 8 nitrogen and oxygen atoms in total. The van der Waals surface area contributed by atoms with E-state index in [4.69, 9.17) is 16.3 Å². The van der Waals surface area contributed by atoms with Crippen LogP contribution in [0.1, 0.15) is 32.8 Å². The molecule has 0 aromatic heterocycles. The van der Waals surface area contributed by atoms with E-state index in [1.807, 2.05) is 19.9 Å². The number of carbonyl (C=O) groups excluding carboxylic acids is 2. The zero-order valence-corrected chi connectivity index (χ0v) is 21.7. The first-order chi connectivity index (χ1) is 16.0. The van der Waals surface area contributed by atoms with Gasteiger partial charge in [-0.2, -0.15) is 0 Å². The number of methoxy groups -OCH3 is 1. The van der Waals surface area contributed by atoms with Crippen molar-refractivity contribution in [1.82, 2.24) is 10.2 Å². The quantitative estimate of drug-likeness (QED) is 0.500. The Balaban J connectivity index is 2.47. The van der Waals surface area contributed by atoms with Gasteiger partial charge in [-0.05, 0) is 50.1 Å². The van der Waals surface area contributed by atoms with E-state index in [0.717, 1.165) is 16.1 Å². The van der Waals surface area contributed by atoms with Crippen LogP contribution < -0.4 is 14.4 Å². The molecule has 0 aliphatic heterocycles. The lowest BCUT2D eigenvalue weighted by Crippen LogP contribution is -2.53. The van der Waals surface area contributed by atoms with E-state index < -0.39 is 28.5 Å². The number of benzene rings is 2. The number of anilines is 1. The van der Waals surface area contributed by atoms with Crippen LogP contribution in [0.25, 0.3) is 0 Å². The normalized spacial score (nSPS) is 12.2. The van der Waals surface area contributed by atoms with Crippen LogP contribution in [-0.4, -0.2) is 57.1 Å². The van der Waals surface area contributed by atoms with Crippen LogP contribution in [-0.2, 0) is 26.2 Å². The lowest BCUT2D eigenvalue weighted by molar-refractivity contribution is -0.140. The number of nitrogens with one attached hydrogen (secondary N) is 1. The summed E-state index contributed by atoms with van der Waals surface area (Å²) in [5.74, 6) is -0.227. The molecule has 0 bridgehead atoms. The highest BCUT2D eigenvalue weighted by Crippen LogP contribution is 2.27. The number of ether oxygens (including phenoxy) is 1. The Morgan fingerprint density at radius 2 is 1.79 bits per heavy atom. The van der Waals surface area contributed by atoms with E-state index in [1.165, 1.54) is 11.0 Å². The molecule has 0 fully saturated rings. The Labute approximate surface area is 206 Å². The Morgan fingerprint density at radius 1 is 1.12 bits per heavy atom. The molecule has 2 aromatic carbocycles. The fraction of sp³-hybridized carbons (Fsp3) is 0.417. The Morgan fingerprint density at radius 3 is 2.35 bits per heavy atom. The number of hydrogen-bond acceptors (Lipinski definition) is 5. The van der Waals surface area contributed by atoms with Crippen molar-refractivity contribution in [1.29, 1.82) is 0 Å². The first kappa shape index (κ1) is 27.5. The number of halogens is 1. The predicted octanol–water partition coefficient (Wildman–Crippen LogP) is 3.45. The van der Waals surface area contributed by atoms with Gasteiger partial charge in [0.05, 0.1) is 24.1 Å². The van der Waals surface area contributed by atoms with Gasteiger partial charge in [-0.15, -0.1) is 0 Å². The van der Waals surface area contributed by atoms with Crippen LogP contribution in [0.15, 0.2) is 48.5 Å². The third-order valence-corrected chi connectivity index (χ3v) is 6.55. The molecule has 0 aliphatic rings. The number of nitrogens with zero attached hydrogens (tertiary/aromatic N) is 2. The summed E-state index contributed by atoms with van der Waals surface area (Å²) in [7, 11) is -2.30. The van der Waals surface area contributed by atoms with Gasteiger partial charge in [-0.1, -0.05) is 42.8 Å². The van der Waals surface area contributed by atoms with Crippen LogP contribution in [0.3, 0.4) is 0 Å². The number of carbonyl (C=O) groups is 2. The van der Waals surface area contributed by atoms with Crippen molar-refractivity contribution in [2.75, 3.05) is 24.2 Å². The number of sulfonamides is 1. The minimum Gasteiger partial charge on any atom is -0.497 e. The van der Waals surface area contributed by atoms with E-state index in [0.29, 0.717) is 12.2 Å². The highest BCUT2D eigenvalue weighted by atomic mass is 35.5. The topological polar surface area (TPSA) is 96.0 Å². The molecule has 186 valence electrons. The minimum absolute atomic E-state index is 0.0974. The number of amides is 2. The predicted molar refractivity (Wildman–Crippen MR) is 135 cm³/mol. The van der Waals surface area contributed by atoms with Gasteiger partial charge in [0, 0.05) is 12.6 Å². The van der Waals surface area contributed by atoms with Gasteiger partial charge < -0.3 is 15.0 Å². The molecule has 2 aromatic rings. The molecule has 1 atom stereocenters. The van der Waals surface area contributed by atoms with Crippen molar-refractivity contribution >= 4 is 39.1 Å². The second-order valence-electron chi connectivity index (χ2n) is 8.18. The molecule has 1 N–H and O–H groups in total. The Hall–Kier alpha value is -2.78. The first-order valence-electron chi connectivity index (χ1n) is 10.9. The van der Waals surface area contributed by atoms with Gasteiger partial charge in [0.15, 0.2) is 0 Å². The average Bonchev–Trinajstić information content (AvgIpc) is 2.76. The molecular weight excluding hydrogens is 478 g/mol. The zero-order chi connectivity index (χ0) is 25.5. The molecule has 0 heterocycles. The molecule has 10 heteroatoms. The molecule has 0 aliphatic carbocycles. The molecule has 0 radical (unpaired) electrons. The SMILES string of the molecule is CC[C@H](C(=O)NC(C)C)N(Cc1cccc(OC)c1)C(=O)CN(c1ccccc1Cl)S(C)(=O)=O. The lowest BCUT2D eigenvalue weighted by atomic mass is 10.1. The number of rotatable bonds is 11.